The highest BCUT2D eigenvalue weighted by Crippen LogP contribution is 2.61. The van der Waals surface area contributed by atoms with Gasteiger partial charge in [0.05, 0.1) is 0 Å². The normalized spacial score (nSPS) is 50.1. The van der Waals surface area contributed by atoms with E-state index in [2.05, 4.69) is 32.1 Å². The zero-order chi connectivity index (χ0) is 13.7. The fourth-order valence-electron chi connectivity index (χ4n) is 6.62. The highest BCUT2D eigenvalue weighted by Gasteiger charge is 2.52. The molecule has 0 N–H and O–H groups in total. The van der Waals surface area contributed by atoms with Crippen LogP contribution in [0.15, 0.2) is 23.8 Å². The van der Waals surface area contributed by atoms with E-state index in [-0.39, 0.29) is 0 Å². The summed E-state index contributed by atoms with van der Waals surface area (Å²) in [6.07, 6.45) is 19.2. The van der Waals surface area contributed by atoms with Crippen LogP contribution >= 0.6 is 0 Å². The third-order valence-corrected chi connectivity index (χ3v) is 7.60. The minimum Gasteiger partial charge on any atom is -0.0839 e. The molecular formula is C20H30. The molecule has 0 aromatic carbocycles. The molecule has 0 spiro atoms. The van der Waals surface area contributed by atoms with Gasteiger partial charge in [0.2, 0.25) is 0 Å². The maximum absolute atomic E-state index is 2.59. The number of hydrogen-bond acceptors (Lipinski definition) is 0. The van der Waals surface area contributed by atoms with Crippen LogP contribution in [0.2, 0.25) is 0 Å². The number of rotatable bonds is 1. The number of fused-ring (bicyclic) bond motifs is 5. The van der Waals surface area contributed by atoms with Gasteiger partial charge >= 0.3 is 0 Å². The summed E-state index contributed by atoms with van der Waals surface area (Å²) in [6, 6.07) is 0. The first-order valence-corrected chi connectivity index (χ1v) is 9.11. The van der Waals surface area contributed by atoms with Crippen molar-refractivity contribution >= 4 is 0 Å². The summed E-state index contributed by atoms with van der Waals surface area (Å²) >= 11 is 0. The lowest BCUT2D eigenvalue weighted by Crippen LogP contribution is -2.45. The number of allylic oxidation sites excluding steroid dienone is 4. The minimum atomic E-state index is 0.427. The molecule has 110 valence electrons. The summed E-state index contributed by atoms with van der Waals surface area (Å²) in [6.45, 7) is 4.98. The lowest BCUT2D eigenvalue weighted by molar-refractivity contribution is 0.0196. The fraction of sp³-hybridized carbons (Fsp3) is 0.800. The number of hydrogen-bond donors (Lipinski definition) is 0. The van der Waals surface area contributed by atoms with E-state index < -0.39 is 0 Å². The molecule has 0 heterocycles. The Bertz CT molecular complexity index is 443. The molecule has 0 saturated heterocycles. The Morgan fingerprint density at radius 1 is 1.05 bits per heavy atom. The smallest absolute Gasteiger partial charge is 0.00936 e. The summed E-state index contributed by atoms with van der Waals surface area (Å²) < 4.78 is 0. The SMILES string of the molecule is CCC1CC[C@H]2[C@@H]3CCC4=CCC=C[C@]4(C)[C@H]3CC[C@H]12. The van der Waals surface area contributed by atoms with E-state index in [1.807, 2.05) is 0 Å². The molecule has 4 aliphatic rings. The van der Waals surface area contributed by atoms with Gasteiger partial charge in [0.1, 0.15) is 0 Å². The molecule has 0 aromatic heterocycles. The molecule has 3 fully saturated rings. The largest absolute Gasteiger partial charge is 0.0839 e. The molecule has 6 atom stereocenters. The Kier molecular flexibility index (Phi) is 3.13. The summed E-state index contributed by atoms with van der Waals surface area (Å²) in [7, 11) is 0. The third-order valence-electron chi connectivity index (χ3n) is 7.60. The molecule has 0 heteroatoms. The van der Waals surface area contributed by atoms with E-state index in [4.69, 9.17) is 0 Å². The Labute approximate surface area is 124 Å². The maximum atomic E-state index is 2.59. The summed E-state index contributed by atoms with van der Waals surface area (Å²) in [5.41, 5.74) is 2.21. The minimum absolute atomic E-state index is 0.427. The van der Waals surface area contributed by atoms with E-state index in [0.29, 0.717) is 5.41 Å². The summed E-state index contributed by atoms with van der Waals surface area (Å²) in [4.78, 5) is 0. The fourth-order valence-corrected chi connectivity index (χ4v) is 6.62. The van der Waals surface area contributed by atoms with E-state index in [9.17, 15) is 0 Å². The van der Waals surface area contributed by atoms with Crippen molar-refractivity contribution in [1.82, 2.24) is 0 Å². The topological polar surface area (TPSA) is 0 Å². The Hall–Kier alpha value is -0.520. The molecule has 0 nitrogen and oxygen atoms in total. The van der Waals surface area contributed by atoms with Crippen LogP contribution in [0.5, 0.6) is 0 Å². The molecule has 20 heavy (non-hydrogen) atoms. The lowest BCUT2D eigenvalue weighted by Gasteiger charge is -2.54. The molecule has 0 radical (unpaired) electrons. The van der Waals surface area contributed by atoms with Gasteiger partial charge in [-0.2, -0.15) is 0 Å². The molecular weight excluding hydrogens is 240 g/mol. The van der Waals surface area contributed by atoms with E-state index >= 15 is 0 Å². The first-order chi connectivity index (χ1) is 9.74. The molecule has 1 unspecified atom stereocenters. The van der Waals surface area contributed by atoms with Crippen molar-refractivity contribution in [2.75, 3.05) is 0 Å². The average molecular weight is 270 g/mol. The molecule has 0 bridgehead atoms. The van der Waals surface area contributed by atoms with E-state index in [0.717, 1.165) is 29.6 Å². The molecule has 4 aliphatic carbocycles. The van der Waals surface area contributed by atoms with Crippen LogP contribution in [0, 0.1) is 35.0 Å². The molecule has 0 aromatic rings. The van der Waals surface area contributed by atoms with Crippen LogP contribution < -0.4 is 0 Å². The van der Waals surface area contributed by atoms with Gasteiger partial charge < -0.3 is 0 Å². The molecule has 3 saturated carbocycles. The molecule has 0 amide bonds. The van der Waals surface area contributed by atoms with Crippen LogP contribution in [0.4, 0.5) is 0 Å². The van der Waals surface area contributed by atoms with Crippen LogP contribution in [-0.2, 0) is 0 Å². The van der Waals surface area contributed by atoms with E-state index in [1.165, 1.54) is 44.9 Å². The van der Waals surface area contributed by atoms with Gasteiger partial charge in [-0.05, 0) is 74.5 Å². The van der Waals surface area contributed by atoms with Gasteiger partial charge in [0, 0.05) is 5.41 Å². The quantitative estimate of drug-likeness (QED) is 0.532. The zero-order valence-electron chi connectivity index (χ0n) is 13.3. The van der Waals surface area contributed by atoms with Crippen LogP contribution in [-0.4, -0.2) is 0 Å². The van der Waals surface area contributed by atoms with Gasteiger partial charge in [0.15, 0.2) is 0 Å². The van der Waals surface area contributed by atoms with E-state index in [1.54, 1.807) is 12.0 Å². The van der Waals surface area contributed by atoms with Crippen LogP contribution in [0.1, 0.15) is 65.2 Å². The van der Waals surface area contributed by atoms with Crippen LogP contribution in [0.25, 0.3) is 0 Å². The van der Waals surface area contributed by atoms with Crippen molar-refractivity contribution in [1.29, 1.82) is 0 Å². The summed E-state index contributed by atoms with van der Waals surface area (Å²) in [5, 5.41) is 0. The van der Waals surface area contributed by atoms with Gasteiger partial charge in [0.25, 0.3) is 0 Å². The lowest BCUT2D eigenvalue weighted by atomic mass is 9.51. The standard InChI is InChI=1S/C20H30/c1-3-14-7-9-17-16(14)11-12-19-18(17)10-8-15-6-4-5-13-20(15,19)2/h5-6,13-14,16-19H,3-4,7-12H2,1-2H3/t14?,16-,17-,18+,19+,20+/m1/s1. The van der Waals surface area contributed by atoms with Crippen LogP contribution in [0.3, 0.4) is 0 Å². The highest BCUT2D eigenvalue weighted by atomic mass is 14.6. The Morgan fingerprint density at radius 3 is 2.75 bits per heavy atom. The highest BCUT2D eigenvalue weighted by molar-refractivity contribution is 5.31. The maximum Gasteiger partial charge on any atom is 0.00936 e. The summed E-state index contributed by atoms with van der Waals surface area (Å²) in [5.74, 6) is 5.22. The monoisotopic (exact) mass is 270 g/mol. The Balaban J connectivity index is 1.63. The molecule has 0 aliphatic heterocycles. The first kappa shape index (κ1) is 13.2. The predicted octanol–water partition coefficient (Wildman–Crippen LogP) is 5.75. The third kappa shape index (κ3) is 1.72. The average Bonchev–Trinajstić information content (AvgIpc) is 2.89. The van der Waals surface area contributed by atoms with Crippen molar-refractivity contribution in [2.24, 2.45) is 35.0 Å². The second-order valence-electron chi connectivity index (χ2n) is 8.11. The van der Waals surface area contributed by atoms with Crippen molar-refractivity contribution in [3.8, 4) is 0 Å². The van der Waals surface area contributed by atoms with Crippen molar-refractivity contribution < 1.29 is 0 Å². The van der Waals surface area contributed by atoms with Crippen molar-refractivity contribution in [3.05, 3.63) is 23.8 Å². The van der Waals surface area contributed by atoms with Crippen molar-refractivity contribution in [2.45, 2.75) is 65.2 Å². The zero-order valence-corrected chi connectivity index (χ0v) is 13.3. The van der Waals surface area contributed by atoms with Gasteiger partial charge in [-0.3, -0.25) is 0 Å². The second-order valence-corrected chi connectivity index (χ2v) is 8.11. The predicted molar refractivity (Wildman–Crippen MR) is 85.4 cm³/mol. The van der Waals surface area contributed by atoms with Gasteiger partial charge in [-0.15, -0.1) is 0 Å². The first-order valence-electron chi connectivity index (χ1n) is 9.11. The second kappa shape index (κ2) is 4.75. The van der Waals surface area contributed by atoms with Gasteiger partial charge in [-0.25, -0.2) is 0 Å². The molecule has 4 rings (SSSR count). The van der Waals surface area contributed by atoms with Crippen molar-refractivity contribution in [3.63, 3.8) is 0 Å². The Morgan fingerprint density at radius 2 is 1.90 bits per heavy atom. The van der Waals surface area contributed by atoms with Gasteiger partial charge in [-0.1, -0.05) is 44.1 Å².